The first-order valence-electron chi connectivity index (χ1n) is 8.60. The van der Waals surface area contributed by atoms with Gasteiger partial charge in [-0.3, -0.25) is 14.9 Å². The Hall–Kier alpha value is -3.22. The molecule has 27 heavy (non-hydrogen) atoms. The number of nitrogens with zero attached hydrogens (tertiary/aromatic N) is 1. The average molecular weight is 370 g/mol. The van der Waals surface area contributed by atoms with Gasteiger partial charge in [-0.05, 0) is 31.9 Å². The molecule has 0 fully saturated rings. The summed E-state index contributed by atoms with van der Waals surface area (Å²) in [5.41, 5.74) is 1.95. The highest BCUT2D eigenvalue weighted by atomic mass is 16.6. The molecule has 142 valence electrons. The van der Waals surface area contributed by atoms with E-state index >= 15 is 0 Å². The second-order valence-corrected chi connectivity index (χ2v) is 6.24. The Morgan fingerprint density at radius 2 is 1.81 bits per heavy atom. The number of amides is 1. The number of benzene rings is 2. The van der Waals surface area contributed by atoms with Crippen molar-refractivity contribution in [2.45, 2.75) is 33.2 Å². The Morgan fingerprint density at radius 1 is 1.15 bits per heavy atom. The van der Waals surface area contributed by atoms with Crippen LogP contribution in [0.3, 0.4) is 0 Å². The summed E-state index contributed by atoms with van der Waals surface area (Å²) in [6.45, 7) is 4.95. The van der Waals surface area contributed by atoms with Gasteiger partial charge >= 0.3 is 5.97 Å². The van der Waals surface area contributed by atoms with Crippen molar-refractivity contribution in [3.05, 3.63) is 74.8 Å². The van der Waals surface area contributed by atoms with Crippen molar-refractivity contribution in [3.8, 4) is 0 Å². The second-order valence-electron chi connectivity index (χ2n) is 6.24. The zero-order valence-electron chi connectivity index (χ0n) is 15.5. The van der Waals surface area contributed by atoms with Crippen LogP contribution in [-0.2, 0) is 9.53 Å². The van der Waals surface area contributed by atoms with Crippen LogP contribution >= 0.6 is 0 Å². The van der Waals surface area contributed by atoms with Gasteiger partial charge in [0.1, 0.15) is 5.56 Å². The van der Waals surface area contributed by atoms with Crippen molar-refractivity contribution in [1.82, 2.24) is 5.32 Å². The van der Waals surface area contributed by atoms with Gasteiger partial charge < -0.3 is 10.1 Å². The zero-order valence-corrected chi connectivity index (χ0v) is 15.5. The van der Waals surface area contributed by atoms with E-state index in [1.165, 1.54) is 25.1 Å². The zero-order chi connectivity index (χ0) is 20.0. The number of esters is 1. The standard InChI is InChI=1S/C20H22N2O5/c1-4-17(15-10-8-13(2)9-11-15)21-18(23)12-27-20(24)16-7-5-6-14(3)19(16)22(25)26/h5-11,17H,4,12H2,1-3H3,(H,21,23)/t17-/m0/s1. The Bertz CT molecular complexity index is 846. The van der Waals surface area contributed by atoms with E-state index < -0.39 is 23.4 Å². The molecule has 2 aromatic rings. The minimum atomic E-state index is -0.899. The van der Waals surface area contributed by atoms with E-state index in [1.807, 2.05) is 38.1 Å². The summed E-state index contributed by atoms with van der Waals surface area (Å²) in [6, 6.07) is 12.0. The molecule has 7 nitrogen and oxygen atoms in total. The Balaban J connectivity index is 2.01. The van der Waals surface area contributed by atoms with Crippen LogP contribution in [0.5, 0.6) is 0 Å². The van der Waals surface area contributed by atoms with Crippen LogP contribution in [0.1, 0.15) is 46.4 Å². The van der Waals surface area contributed by atoms with Crippen molar-refractivity contribution >= 4 is 17.6 Å². The van der Waals surface area contributed by atoms with Gasteiger partial charge in [-0.15, -0.1) is 0 Å². The maximum absolute atomic E-state index is 12.2. The van der Waals surface area contributed by atoms with Crippen LogP contribution < -0.4 is 5.32 Å². The topological polar surface area (TPSA) is 98.5 Å². The van der Waals surface area contributed by atoms with Gasteiger partial charge in [-0.2, -0.15) is 0 Å². The summed E-state index contributed by atoms with van der Waals surface area (Å²) in [5, 5.41) is 14.0. The van der Waals surface area contributed by atoms with Crippen molar-refractivity contribution in [2.24, 2.45) is 0 Å². The smallest absolute Gasteiger partial charge is 0.345 e. The normalized spacial score (nSPS) is 11.5. The van der Waals surface area contributed by atoms with E-state index in [2.05, 4.69) is 5.32 Å². The van der Waals surface area contributed by atoms with E-state index in [9.17, 15) is 19.7 Å². The van der Waals surface area contributed by atoms with Crippen LogP contribution in [0.2, 0.25) is 0 Å². The maximum Gasteiger partial charge on any atom is 0.345 e. The van der Waals surface area contributed by atoms with Gasteiger partial charge in [0.2, 0.25) is 0 Å². The molecular weight excluding hydrogens is 348 g/mol. The molecule has 7 heteroatoms. The third kappa shape index (κ3) is 5.13. The lowest BCUT2D eigenvalue weighted by molar-refractivity contribution is -0.385. The third-order valence-electron chi connectivity index (χ3n) is 4.20. The number of carbonyl (C=O) groups excluding carboxylic acids is 2. The van der Waals surface area contributed by atoms with Crippen LogP contribution in [0, 0.1) is 24.0 Å². The van der Waals surface area contributed by atoms with E-state index in [-0.39, 0.29) is 17.3 Å². The highest BCUT2D eigenvalue weighted by molar-refractivity contribution is 5.95. The minimum Gasteiger partial charge on any atom is -0.452 e. The fourth-order valence-corrected chi connectivity index (χ4v) is 2.73. The summed E-state index contributed by atoms with van der Waals surface area (Å²) >= 11 is 0. The van der Waals surface area contributed by atoms with Gasteiger partial charge in [-0.1, -0.05) is 48.9 Å². The minimum absolute atomic E-state index is 0.168. The molecule has 0 unspecified atom stereocenters. The largest absolute Gasteiger partial charge is 0.452 e. The number of nitro benzene ring substituents is 1. The lowest BCUT2D eigenvalue weighted by Gasteiger charge is -2.17. The molecular formula is C20H22N2O5. The monoisotopic (exact) mass is 370 g/mol. The molecule has 0 bridgehead atoms. The number of rotatable bonds is 7. The molecule has 1 atom stereocenters. The summed E-state index contributed by atoms with van der Waals surface area (Å²) in [6.07, 6.45) is 0.673. The number of nitro groups is 1. The first-order chi connectivity index (χ1) is 12.8. The van der Waals surface area contributed by atoms with E-state index in [0.29, 0.717) is 12.0 Å². The number of para-hydroxylation sites is 1. The maximum atomic E-state index is 12.2. The van der Waals surface area contributed by atoms with Crippen LogP contribution in [-0.4, -0.2) is 23.4 Å². The fourth-order valence-electron chi connectivity index (χ4n) is 2.73. The second kappa shape index (κ2) is 8.93. The van der Waals surface area contributed by atoms with Gasteiger partial charge in [0.15, 0.2) is 6.61 Å². The molecule has 0 radical (unpaired) electrons. The number of hydrogen-bond acceptors (Lipinski definition) is 5. The molecule has 0 saturated carbocycles. The van der Waals surface area contributed by atoms with Gasteiger partial charge in [0, 0.05) is 5.56 Å². The van der Waals surface area contributed by atoms with E-state index in [1.54, 1.807) is 0 Å². The van der Waals surface area contributed by atoms with E-state index in [4.69, 9.17) is 4.74 Å². The Morgan fingerprint density at radius 3 is 2.41 bits per heavy atom. The van der Waals surface area contributed by atoms with Gasteiger partial charge in [-0.25, -0.2) is 4.79 Å². The van der Waals surface area contributed by atoms with Gasteiger partial charge in [0.25, 0.3) is 11.6 Å². The lowest BCUT2D eigenvalue weighted by atomic mass is 10.0. The van der Waals surface area contributed by atoms with Crippen molar-refractivity contribution in [3.63, 3.8) is 0 Å². The molecule has 2 rings (SSSR count). The van der Waals surface area contributed by atoms with Crippen molar-refractivity contribution < 1.29 is 19.2 Å². The number of aryl methyl sites for hydroxylation is 2. The molecule has 2 aromatic carbocycles. The van der Waals surface area contributed by atoms with Crippen molar-refractivity contribution in [2.75, 3.05) is 6.61 Å². The molecule has 0 heterocycles. The third-order valence-corrected chi connectivity index (χ3v) is 4.20. The van der Waals surface area contributed by atoms with Crippen LogP contribution in [0.4, 0.5) is 5.69 Å². The summed E-state index contributed by atoms with van der Waals surface area (Å²) < 4.78 is 4.98. The number of carbonyl (C=O) groups is 2. The molecule has 0 aromatic heterocycles. The van der Waals surface area contributed by atoms with E-state index in [0.717, 1.165) is 11.1 Å². The van der Waals surface area contributed by atoms with Crippen molar-refractivity contribution in [1.29, 1.82) is 0 Å². The highest BCUT2D eigenvalue weighted by Crippen LogP contribution is 2.23. The van der Waals surface area contributed by atoms with Crippen LogP contribution in [0.15, 0.2) is 42.5 Å². The number of nitrogens with one attached hydrogen (secondary N) is 1. The molecule has 1 amide bonds. The Kier molecular flexibility index (Phi) is 6.65. The predicted octanol–water partition coefficient (Wildman–Crippen LogP) is 3.64. The molecule has 1 N–H and O–H groups in total. The SMILES string of the molecule is CC[C@H](NC(=O)COC(=O)c1cccc(C)c1[N+](=O)[O-])c1ccc(C)cc1. The highest BCUT2D eigenvalue weighted by Gasteiger charge is 2.24. The first kappa shape index (κ1) is 20.1. The number of ether oxygens (including phenoxy) is 1. The molecule has 0 aliphatic rings. The summed E-state index contributed by atoms with van der Waals surface area (Å²) in [4.78, 5) is 34.9. The summed E-state index contributed by atoms with van der Waals surface area (Å²) in [7, 11) is 0. The summed E-state index contributed by atoms with van der Waals surface area (Å²) in [5.74, 6) is -1.37. The number of hydrogen-bond donors (Lipinski definition) is 1. The molecule has 0 spiro atoms. The molecule has 0 aliphatic heterocycles. The lowest BCUT2D eigenvalue weighted by Crippen LogP contribution is -2.32. The van der Waals surface area contributed by atoms with Crippen LogP contribution in [0.25, 0.3) is 0 Å². The first-order valence-corrected chi connectivity index (χ1v) is 8.60. The quantitative estimate of drug-likeness (QED) is 0.456. The average Bonchev–Trinajstić information content (AvgIpc) is 2.64. The molecule has 0 saturated heterocycles. The predicted molar refractivity (Wildman–Crippen MR) is 100 cm³/mol. The Labute approximate surface area is 157 Å². The molecule has 0 aliphatic carbocycles. The fraction of sp³-hybridized carbons (Fsp3) is 0.300. The van der Waals surface area contributed by atoms with Gasteiger partial charge in [0.05, 0.1) is 11.0 Å².